The molecule has 0 aliphatic carbocycles. The molecule has 0 fully saturated rings. The molecule has 2 aromatic rings. The fourth-order valence-electron chi connectivity index (χ4n) is 1.80. The highest BCUT2D eigenvalue weighted by Gasteiger charge is 2.32. The van der Waals surface area contributed by atoms with Crippen molar-refractivity contribution in [2.24, 2.45) is 5.92 Å². The predicted molar refractivity (Wildman–Crippen MR) is 72.9 cm³/mol. The van der Waals surface area contributed by atoms with Crippen molar-refractivity contribution in [1.82, 2.24) is 20.1 Å². The average Bonchev–Trinajstić information content (AvgIpc) is 2.88. The highest BCUT2D eigenvalue weighted by atomic mass is 19.4. The average molecular weight is 298 g/mol. The first-order chi connectivity index (χ1) is 9.86. The van der Waals surface area contributed by atoms with Gasteiger partial charge in [0.25, 0.3) is 0 Å². The van der Waals surface area contributed by atoms with E-state index < -0.39 is 11.7 Å². The smallest absolute Gasteiger partial charge is 0.311 e. The van der Waals surface area contributed by atoms with Gasteiger partial charge in [-0.25, -0.2) is 4.68 Å². The van der Waals surface area contributed by atoms with Crippen LogP contribution in [0.2, 0.25) is 0 Å². The van der Waals surface area contributed by atoms with Crippen LogP contribution in [-0.2, 0) is 12.7 Å². The lowest BCUT2D eigenvalue weighted by atomic mass is 10.2. The molecule has 0 unspecified atom stereocenters. The third-order valence-corrected chi connectivity index (χ3v) is 2.83. The number of pyridine rings is 1. The molecule has 0 aromatic carbocycles. The summed E-state index contributed by atoms with van der Waals surface area (Å²) in [5.74, 6) is 0.522. The molecule has 1 N–H and O–H groups in total. The van der Waals surface area contributed by atoms with Crippen molar-refractivity contribution in [1.29, 1.82) is 0 Å². The van der Waals surface area contributed by atoms with E-state index in [9.17, 15) is 13.2 Å². The van der Waals surface area contributed by atoms with E-state index in [1.807, 2.05) is 0 Å². The number of nitrogens with zero attached hydrogens (tertiary/aromatic N) is 3. The van der Waals surface area contributed by atoms with Gasteiger partial charge in [0.1, 0.15) is 0 Å². The van der Waals surface area contributed by atoms with Gasteiger partial charge in [-0.05, 0) is 24.6 Å². The van der Waals surface area contributed by atoms with E-state index in [0.29, 0.717) is 18.2 Å². The second-order valence-electron chi connectivity index (χ2n) is 5.20. The molecule has 0 saturated heterocycles. The van der Waals surface area contributed by atoms with Crippen LogP contribution in [0.15, 0.2) is 30.7 Å². The van der Waals surface area contributed by atoms with Crippen molar-refractivity contribution >= 4 is 0 Å². The highest BCUT2D eigenvalue weighted by molar-refractivity contribution is 5.32. The first-order valence-corrected chi connectivity index (χ1v) is 6.64. The standard InChI is InChI=1S/C14H17F3N4/c1-10(2)6-18-8-12-5-13(3-4-19-12)21-9-11(7-20-21)14(15,16)17/h3-5,7,9-10,18H,6,8H2,1-2H3. The van der Waals surface area contributed by atoms with Crippen LogP contribution >= 0.6 is 0 Å². The number of aromatic nitrogens is 3. The lowest BCUT2D eigenvalue weighted by Gasteiger charge is -2.08. The summed E-state index contributed by atoms with van der Waals surface area (Å²) < 4.78 is 38.9. The zero-order chi connectivity index (χ0) is 15.5. The largest absolute Gasteiger partial charge is 0.419 e. The predicted octanol–water partition coefficient (Wildman–Crippen LogP) is 3.03. The Morgan fingerprint density at radius 1 is 1.33 bits per heavy atom. The second kappa shape index (κ2) is 6.26. The molecular formula is C14H17F3N4. The molecule has 0 atom stereocenters. The van der Waals surface area contributed by atoms with Gasteiger partial charge < -0.3 is 5.32 Å². The van der Waals surface area contributed by atoms with E-state index in [-0.39, 0.29) is 0 Å². The summed E-state index contributed by atoms with van der Waals surface area (Å²) in [7, 11) is 0. The molecule has 2 heterocycles. The SMILES string of the molecule is CC(C)CNCc1cc(-n2cc(C(F)(F)F)cn2)ccn1. The summed E-state index contributed by atoms with van der Waals surface area (Å²) in [6.45, 7) is 5.61. The minimum absolute atomic E-state index is 0.522. The zero-order valence-electron chi connectivity index (χ0n) is 11.9. The molecule has 0 spiro atoms. The van der Waals surface area contributed by atoms with E-state index in [1.165, 1.54) is 4.68 Å². The summed E-state index contributed by atoms with van der Waals surface area (Å²) in [4.78, 5) is 4.19. The molecule has 21 heavy (non-hydrogen) atoms. The molecule has 0 aliphatic rings. The van der Waals surface area contributed by atoms with Gasteiger partial charge in [0.15, 0.2) is 0 Å². The Labute approximate surface area is 121 Å². The van der Waals surface area contributed by atoms with E-state index in [4.69, 9.17) is 0 Å². The Morgan fingerprint density at radius 2 is 2.10 bits per heavy atom. The van der Waals surface area contributed by atoms with Crippen LogP contribution in [0.4, 0.5) is 13.2 Å². The molecule has 2 rings (SSSR count). The van der Waals surface area contributed by atoms with Crippen LogP contribution < -0.4 is 5.32 Å². The molecule has 4 nitrogen and oxygen atoms in total. The van der Waals surface area contributed by atoms with Gasteiger partial charge in [0.2, 0.25) is 0 Å². The van der Waals surface area contributed by atoms with Gasteiger partial charge in [-0.15, -0.1) is 0 Å². The number of hydrogen-bond donors (Lipinski definition) is 1. The lowest BCUT2D eigenvalue weighted by molar-refractivity contribution is -0.137. The van der Waals surface area contributed by atoms with Crippen molar-refractivity contribution in [2.75, 3.05) is 6.54 Å². The van der Waals surface area contributed by atoms with Crippen molar-refractivity contribution in [3.63, 3.8) is 0 Å². The first kappa shape index (κ1) is 15.5. The van der Waals surface area contributed by atoms with E-state index in [1.54, 1.807) is 18.3 Å². The van der Waals surface area contributed by atoms with Crippen LogP contribution in [-0.4, -0.2) is 21.3 Å². The highest BCUT2D eigenvalue weighted by Crippen LogP contribution is 2.29. The normalized spacial score (nSPS) is 12.1. The van der Waals surface area contributed by atoms with Crippen molar-refractivity contribution < 1.29 is 13.2 Å². The molecule has 0 saturated carbocycles. The maximum atomic E-state index is 12.6. The van der Waals surface area contributed by atoms with Gasteiger partial charge in [0.05, 0.1) is 23.1 Å². The minimum Gasteiger partial charge on any atom is -0.311 e. The fraction of sp³-hybridized carbons (Fsp3) is 0.429. The van der Waals surface area contributed by atoms with Crippen LogP contribution in [0.1, 0.15) is 25.1 Å². The maximum absolute atomic E-state index is 12.6. The molecule has 7 heteroatoms. The Balaban J connectivity index is 2.12. The van der Waals surface area contributed by atoms with E-state index in [2.05, 4.69) is 29.2 Å². The topological polar surface area (TPSA) is 42.7 Å². The molecular weight excluding hydrogens is 281 g/mol. The summed E-state index contributed by atoms with van der Waals surface area (Å²) in [5, 5.41) is 6.99. The van der Waals surface area contributed by atoms with Crippen LogP contribution in [0.5, 0.6) is 0 Å². The molecule has 0 amide bonds. The van der Waals surface area contributed by atoms with Gasteiger partial charge in [-0.1, -0.05) is 13.8 Å². The third-order valence-electron chi connectivity index (χ3n) is 2.83. The van der Waals surface area contributed by atoms with Gasteiger partial charge in [-0.2, -0.15) is 18.3 Å². The fourth-order valence-corrected chi connectivity index (χ4v) is 1.80. The lowest BCUT2D eigenvalue weighted by Crippen LogP contribution is -2.19. The minimum atomic E-state index is -4.38. The molecule has 0 bridgehead atoms. The van der Waals surface area contributed by atoms with Crippen molar-refractivity contribution in [3.05, 3.63) is 42.0 Å². The maximum Gasteiger partial charge on any atom is 0.419 e. The number of halogens is 3. The number of rotatable bonds is 5. The van der Waals surface area contributed by atoms with Gasteiger partial charge >= 0.3 is 6.18 Å². The zero-order valence-corrected chi connectivity index (χ0v) is 11.9. The van der Waals surface area contributed by atoms with Gasteiger partial charge in [-0.3, -0.25) is 4.98 Å². The van der Waals surface area contributed by atoms with Crippen LogP contribution in [0.3, 0.4) is 0 Å². The Kier molecular flexibility index (Phi) is 4.62. The quantitative estimate of drug-likeness (QED) is 0.922. The summed E-state index contributed by atoms with van der Waals surface area (Å²) in [6.07, 6.45) is -1.03. The number of hydrogen-bond acceptors (Lipinski definition) is 3. The third kappa shape index (κ3) is 4.29. The van der Waals surface area contributed by atoms with E-state index >= 15 is 0 Å². The number of alkyl halides is 3. The monoisotopic (exact) mass is 298 g/mol. The molecule has 0 radical (unpaired) electrons. The summed E-state index contributed by atoms with van der Waals surface area (Å²) >= 11 is 0. The molecule has 2 aromatic heterocycles. The molecule has 114 valence electrons. The summed E-state index contributed by atoms with van der Waals surface area (Å²) in [5.41, 5.74) is 0.554. The Bertz CT molecular complexity index is 590. The van der Waals surface area contributed by atoms with Crippen LogP contribution in [0, 0.1) is 5.92 Å². The van der Waals surface area contributed by atoms with Crippen LogP contribution in [0.25, 0.3) is 5.69 Å². The van der Waals surface area contributed by atoms with E-state index in [0.717, 1.165) is 24.6 Å². The van der Waals surface area contributed by atoms with Gasteiger partial charge in [0, 0.05) is 18.9 Å². The number of nitrogens with one attached hydrogen (secondary N) is 1. The second-order valence-corrected chi connectivity index (χ2v) is 5.20. The molecule has 0 aliphatic heterocycles. The Morgan fingerprint density at radius 3 is 2.71 bits per heavy atom. The first-order valence-electron chi connectivity index (χ1n) is 6.64. The summed E-state index contributed by atoms with van der Waals surface area (Å²) in [6, 6.07) is 3.35. The van der Waals surface area contributed by atoms with Crippen molar-refractivity contribution in [2.45, 2.75) is 26.6 Å². The van der Waals surface area contributed by atoms with Crippen molar-refractivity contribution in [3.8, 4) is 5.69 Å². The Hall–Kier alpha value is -1.89.